The normalized spacial score (nSPS) is 12.9. The van der Waals surface area contributed by atoms with Crippen LogP contribution in [0.5, 0.6) is 0 Å². The molecule has 0 spiro atoms. The number of fused-ring (bicyclic) bond motifs is 1. The number of aromatic nitrogens is 3. The molecule has 0 amide bonds. The van der Waals surface area contributed by atoms with Crippen LogP contribution in [0.15, 0.2) is 18.5 Å². The molecule has 0 radical (unpaired) electrons. The van der Waals surface area contributed by atoms with E-state index in [9.17, 15) is 0 Å². The maximum atomic E-state index is 8.85. The van der Waals surface area contributed by atoms with Crippen molar-refractivity contribution in [3.63, 3.8) is 0 Å². The smallest absolute Gasteiger partial charge is 0.155 e. The molecular formula is C12H14N4. The second-order valence-corrected chi connectivity index (χ2v) is 4.26. The zero-order valence-corrected chi connectivity index (χ0v) is 9.68. The third kappa shape index (κ3) is 1.76. The van der Waals surface area contributed by atoms with E-state index in [2.05, 4.69) is 30.0 Å². The Hall–Kier alpha value is -1.89. The van der Waals surface area contributed by atoms with Gasteiger partial charge in [-0.15, -0.1) is 0 Å². The van der Waals surface area contributed by atoms with Crippen LogP contribution in [0.3, 0.4) is 0 Å². The molecule has 0 saturated carbocycles. The minimum Gasteiger partial charge on any atom is -0.237 e. The molecule has 0 bridgehead atoms. The van der Waals surface area contributed by atoms with E-state index in [1.54, 1.807) is 10.7 Å². The van der Waals surface area contributed by atoms with Crippen molar-refractivity contribution in [3.05, 3.63) is 29.7 Å². The molecule has 16 heavy (non-hydrogen) atoms. The molecule has 1 atom stereocenters. The molecule has 2 rings (SSSR count). The lowest BCUT2D eigenvalue weighted by Gasteiger charge is -2.01. The van der Waals surface area contributed by atoms with Crippen molar-refractivity contribution in [2.24, 2.45) is 0 Å². The van der Waals surface area contributed by atoms with Gasteiger partial charge >= 0.3 is 0 Å². The highest BCUT2D eigenvalue weighted by molar-refractivity contribution is 5.41. The number of rotatable bonds is 2. The van der Waals surface area contributed by atoms with E-state index in [1.165, 1.54) is 0 Å². The monoisotopic (exact) mass is 214 g/mol. The number of hydrogen-bond acceptors (Lipinski definition) is 3. The minimum absolute atomic E-state index is 0.149. The van der Waals surface area contributed by atoms with Gasteiger partial charge in [0.1, 0.15) is 0 Å². The van der Waals surface area contributed by atoms with E-state index >= 15 is 0 Å². The second-order valence-electron chi connectivity index (χ2n) is 4.26. The maximum absolute atomic E-state index is 8.85. The van der Waals surface area contributed by atoms with Crippen LogP contribution in [0, 0.1) is 11.3 Å². The average molecular weight is 214 g/mol. The van der Waals surface area contributed by atoms with Crippen LogP contribution in [0.1, 0.15) is 43.9 Å². The predicted octanol–water partition coefficient (Wildman–Crippen LogP) is 2.48. The van der Waals surface area contributed by atoms with Crippen molar-refractivity contribution < 1.29 is 0 Å². The zero-order valence-electron chi connectivity index (χ0n) is 9.68. The van der Waals surface area contributed by atoms with E-state index in [0.717, 1.165) is 16.9 Å². The first-order valence-electron chi connectivity index (χ1n) is 5.36. The van der Waals surface area contributed by atoms with Crippen molar-refractivity contribution in [2.45, 2.75) is 32.6 Å². The lowest BCUT2D eigenvalue weighted by atomic mass is 10.1. The molecule has 2 aromatic heterocycles. The van der Waals surface area contributed by atoms with Gasteiger partial charge in [-0.25, -0.2) is 9.50 Å². The van der Waals surface area contributed by atoms with Crippen LogP contribution in [0.25, 0.3) is 5.65 Å². The van der Waals surface area contributed by atoms with Gasteiger partial charge in [-0.2, -0.15) is 10.4 Å². The second kappa shape index (κ2) is 3.93. The van der Waals surface area contributed by atoms with E-state index in [0.29, 0.717) is 5.92 Å². The first-order valence-corrected chi connectivity index (χ1v) is 5.36. The Kier molecular flexibility index (Phi) is 2.61. The predicted molar refractivity (Wildman–Crippen MR) is 61.1 cm³/mol. The summed E-state index contributed by atoms with van der Waals surface area (Å²) >= 11 is 0. The van der Waals surface area contributed by atoms with Gasteiger partial charge < -0.3 is 0 Å². The molecule has 0 aliphatic carbocycles. The molecule has 1 unspecified atom stereocenters. The van der Waals surface area contributed by atoms with Gasteiger partial charge in [0.15, 0.2) is 5.65 Å². The summed E-state index contributed by atoms with van der Waals surface area (Å²) in [5.74, 6) is 0.238. The topological polar surface area (TPSA) is 54.0 Å². The Morgan fingerprint density at radius 1 is 1.38 bits per heavy atom. The van der Waals surface area contributed by atoms with Crippen molar-refractivity contribution in [1.29, 1.82) is 5.26 Å². The fourth-order valence-corrected chi connectivity index (χ4v) is 1.49. The molecule has 2 heterocycles. The van der Waals surface area contributed by atoms with Crippen molar-refractivity contribution >= 4 is 5.65 Å². The Labute approximate surface area is 94.5 Å². The molecule has 4 heteroatoms. The summed E-state index contributed by atoms with van der Waals surface area (Å²) in [5.41, 5.74) is 2.75. The van der Waals surface area contributed by atoms with Crippen LogP contribution in [0.2, 0.25) is 0 Å². The van der Waals surface area contributed by atoms with Crippen LogP contribution >= 0.6 is 0 Å². The third-order valence-corrected chi connectivity index (χ3v) is 2.64. The maximum Gasteiger partial charge on any atom is 0.155 e. The molecule has 0 aromatic carbocycles. The largest absolute Gasteiger partial charge is 0.237 e. The summed E-state index contributed by atoms with van der Waals surface area (Å²) in [5, 5.41) is 13.3. The summed E-state index contributed by atoms with van der Waals surface area (Å²) in [7, 11) is 0. The van der Waals surface area contributed by atoms with E-state index in [4.69, 9.17) is 5.26 Å². The Balaban J connectivity index is 2.50. The quantitative estimate of drug-likeness (QED) is 0.771. The van der Waals surface area contributed by atoms with Gasteiger partial charge in [-0.3, -0.25) is 0 Å². The van der Waals surface area contributed by atoms with Gasteiger partial charge in [0.05, 0.1) is 17.7 Å². The van der Waals surface area contributed by atoms with E-state index in [1.807, 2.05) is 19.2 Å². The SMILES string of the molecule is CC(C)c1cc2ncc(C(C)C#N)cn2n1. The summed E-state index contributed by atoms with van der Waals surface area (Å²) in [6.45, 7) is 6.05. The van der Waals surface area contributed by atoms with Crippen LogP contribution in [-0.2, 0) is 0 Å². The molecular weight excluding hydrogens is 200 g/mol. The minimum atomic E-state index is -0.149. The van der Waals surface area contributed by atoms with Gasteiger partial charge in [0, 0.05) is 24.0 Å². The highest BCUT2D eigenvalue weighted by Crippen LogP contribution is 2.17. The lowest BCUT2D eigenvalue weighted by molar-refractivity contribution is 0.780. The zero-order chi connectivity index (χ0) is 11.7. The fourth-order valence-electron chi connectivity index (χ4n) is 1.49. The first kappa shape index (κ1) is 10.6. The third-order valence-electron chi connectivity index (χ3n) is 2.64. The van der Waals surface area contributed by atoms with Gasteiger partial charge in [-0.1, -0.05) is 13.8 Å². The van der Waals surface area contributed by atoms with Gasteiger partial charge in [0.25, 0.3) is 0 Å². The Bertz CT molecular complexity index is 548. The number of nitrogens with zero attached hydrogens (tertiary/aromatic N) is 4. The molecule has 0 fully saturated rings. The standard InChI is InChI=1S/C12H14N4/c1-8(2)11-4-12-14-6-10(9(3)5-13)7-16(12)15-11/h4,6-9H,1-3H3. The summed E-state index contributed by atoms with van der Waals surface area (Å²) in [4.78, 5) is 4.30. The van der Waals surface area contributed by atoms with Crippen LogP contribution in [0.4, 0.5) is 0 Å². The molecule has 4 nitrogen and oxygen atoms in total. The molecule has 0 aliphatic heterocycles. The summed E-state index contributed by atoms with van der Waals surface area (Å²) < 4.78 is 1.75. The summed E-state index contributed by atoms with van der Waals surface area (Å²) in [6.07, 6.45) is 3.62. The van der Waals surface area contributed by atoms with Crippen LogP contribution < -0.4 is 0 Å². The van der Waals surface area contributed by atoms with Gasteiger partial charge in [-0.05, 0) is 12.8 Å². The van der Waals surface area contributed by atoms with Crippen molar-refractivity contribution in [3.8, 4) is 6.07 Å². The molecule has 0 saturated heterocycles. The molecule has 0 N–H and O–H groups in total. The number of nitriles is 1. The fraction of sp³-hybridized carbons (Fsp3) is 0.417. The first-order chi connectivity index (χ1) is 7.61. The molecule has 82 valence electrons. The van der Waals surface area contributed by atoms with Crippen LogP contribution in [-0.4, -0.2) is 14.6 Å². The highest BCUT2D eigenvalue weighted by atomic mass is 15.2. The van der Waals surface area contributed by atoms with E-state index < -0.39 is 0 Å². The van der Waals surface area contributed by atoms with Gasteiger partial charge in [0.2, 0.25) is 0 Å². The van der Waals surface area contributed by atoms with Crippen molar-refractivity contribution in [1.82, 2.24) is 14.6 Å². The van der Waals surface area contributed by atoms with E-state index in [-0.39, 0.29) is 5.92 Å². The average Bonchev–Trinajstić information content (AvgIpc) is 2.70. The Morgan fingerprint density at radius 3 is 2.75 bits per heavy atom. The Morgan fingerprint density at radius 2 is 2.12 bits per heavy atom. The number of hydrogen-bond donors (Lipinski definition) is 0. The molecule has 2 aromatic rings. The highest BCUT2D eigenvalue weighted by Gasteiger charge is 2.09. The molecule has 0 aliphatic rings. The lowest BCUT2D eigenvalue weighted by Crippen LogP contribution is -1.97. The summed E-state index contributed by atoms with van der Waals surface area (Å²) in [6, 6.07) is 4.17. The van der Waals surface area contributed by atoms with Crippen molar-refractivity contribution in [2.75, 3.05) is 0 Å².